The lowest BCUT2D eigenvalue weighted by atomic mass is 10.1. The molecule has 124 valence electrons. The van der Waals surface area contributed by atoms with Gasteiger partial charge < -0.3 is 20.6 Å². The molecule has 0 saturated carbocycles. The van der Waals surface area contributed by atoms with Crippen molar-refractivity contribution in [2.45, 2.75) is 26.0 Å². The molecule has 23 heavy (non-hydrogen) atoms. The lowest BCUT2D eigenvalue weighted by molar-refractivity contribution is 0.174. The molecule has 2 atom stereocenters. The van der Waals surface area contributed by atoms with Crippen LogP contribution in [0.25, 0.3) is 11.0 Å². The summed E-state index contributed by atoms with van der Waals surface area (Å²) in [5, 5.41) is 17.3. The van der Waals surface area contributed by atoms with Crippen LogP contribution < -0.4 is 10.6 Å². The molecule has 3 N–H and O–H groups in total. The third-order valence-corrected chi connectivity index (χ3v) is 5.38. The molecule has 3 heterocycles. The topological polar surface area (TPSA) is 86.2 Å². The number of fused-ring (bicyclic) bond motifs is 1. The summed E-state index contributed by atoms with van der Waals surface area (Å²) in [6.07, 6.45) is -0.432. The Balaban J connectivity index is 2.04. The number of aliphatic hydroxyl groups excluding tert-OH is 1. The van der Waals surface area contributed by atoms with E-state index >= 15 is 0 Å². The monoisotopic (exact) mass is 380 g/mol. The average molecular weight is 381 g/mol. The highest BCUT2D eigenvalue weighted by atomic mass is 79.9. The van der Waals surface area contributed by atoms with E-state index in [1.807, 2.05) is 27.9 Å². The maximum atomic E-state index is 10.1. The number of aliphatic hydroxyl groups is 1. The minimum absolute atomic E-state index is 0.0835. The fourth-order valence-corrected chi connectivity index (χ4v) is 3.28. The molecule has 2 aromatic rings. The Morgan fingerprint density at radius 1 is 1.22 bits per heavy atom. The van der Waals surface area contributed by atoms with E-state index in [1.165, 1.54) is 0 Å². The van der Waals surface area contributed by atoms with Gasteiger partial charge in [0, 0.05) is 24.6 Å². The van der Waals surface area contributed by atoms with Crippen LogP contribution in [-0.4, -0.2) is 64.3 Å². The molecule has 0 unspecified atom stereocenters. The molecule has 0 radical (unpaired) electrons. The molecule has 0 amide bonds. The first-order valence-electron chi connectivity index (χ1n) is 7.56. The van der Waals surface area contributed by atoms with E-state index < -0.39 is 6.10 Å². The van der Waals surface area contributed by atoms with E-state index in [2.05, 4.69) is 46.4 Å². The number of anilines is 2. The van der Waals surface area contributed by atoms with Crippen LogP contribution >= 0.6 is 15.9 Å². The van der Waals surface area contributed by atoms with Crippen LogP contribution in [0.1, 0.15) is 11.3 Å². The number of likely N-dealkylation sites (tertiary alicyclic amines) is 1. The highest BCUT2D eigenvalue weighted by molar-refractivity contribution is 9.10. The molecule has 7 nitrogen and oxygen atoms in total. The van der Waals surface area contributed by atoms with Crippen molar-refractivity contribution < 1.29 is 5.11 Å². The molecule has 3 rings (SSSR count). The normalized spacial score (nSPS) is 21.8. The van der Waals surface area contributed by atoms with Gasteiger partial charge in [-0.25, -0.2) is 4.98 Å². The molecular weight excluding hydrogens is 360 g/mol. The van der Waals surface area contributed by atoms with Crippen molar-refractivity contribution in [3.63, 3.8) is 0 Å². The van der Waals surface area contributed by atoms with Gasteiger partial charge in [0.15, 0.2) is 5.65 Å². The number of rotatable bonds is 3. The summed E-state index contributed by atoms with van der Waals surface area (Å²) in [7, 11) is 3.81. The number of likely N-dealkylation sites (N-methyl/N-ethyl adjacent to an activating group) is 1. The summed E-state index contributed by atoms with van der Waals surface area (Å²) in [4.78, 5) is 15.7. The van der Waals surface area contributed by atoms with Crippen molar-refractivity contribution in [3.8, 4) is 0 Å². The van der Waals surface area contributed by atoms with Gasteiger partial charge in [-0.3, -0.25) is 0 Å². The van der Waals surface area contributed by atoms with Gasteiger partial charge >= 0.3 is 0 Å². The summed E-state index contributed by atoms with van der Waals surface area (Å²) in [5.74, 6) is 1.21. The van der Waals surface area contributed by atoms with Gasteiger partial charge in [0.1, 0.15) is 5.82 Å². The van der Waals surface area contributed by atoms with Crippen LogP contribution in [0.5, 0.6) is 0 Å². The summed E-state index contributed by atoms with van der Waals surface area (Å²) < 4.78 is 0.971. The van der Waals surface area contributed by atoms with E-state index in [0.717, 1.165) is 33.5 Å². The molecular formula is C15H21BrN6O. The Morgan fingerprint density at radius 2 is 1.96 bits per heavy atom. The van der Waals surface area contributed by atoms with Crippen molar-refractivity contribution >= 4 is 38.7 Å². The minimum atomic E-state index is -0.432. The maximum absolute atomic E-state index is 10.1. The Kier molecular flexibility index (Phi) is 4.39. The lowest BCUT2D eigenvalue weighted by Gasteiger charge is -2.17. The number of nitrogens with one attached hydrogen (secondary N) is 2. The zero-order valence-corrected chi connectivity index (χ0v) is 15.3. The van der Waals surface area contributed by atoms with Crippen LogP contribution in [0.2, 0.25) is 0 Å². The van der Waals surface area contributed by atoms with Crippen molar-refractivity contribution in [2.24, 2.45) is 0 Å². The van der Waals surface area contributed by atoms with Gasteiger partial charge in [0.2, 0.25) is 5.95 Å². The summed E-state index contributed by atoms with van der Waals surface area (Å²) in [6, 6.07) is -0.0835. The lowest BCUT2D eigenvalue weighted by Crippen LogP contribution is -2.32. The number of β-amino-alcohol motifs (C(OH)–C–C–N with tert-alkyl or cyclic N) is 1. The molecule has 2 aromatic heterocycles. The fourth-order valence-electron chi connectivity index (χ4n) is 3.00. The Labute approximate surface area is 143 Å². The van der Waals surface area contributed by atoms with E-state index in [-0.39, 0.29) is 6.04 Å². The van der Waals surface area contributed by atoms with E-state index in [4.69, 9.17) is 0 Å². The van der Waals surface area contributed by atoms with Crippen molar-refractivity contribution in [1.82, 2.24) is 19.9 Å². The highest BCUT2D eigenvalue weighted by Gasteiger charge is 2.29. The van der Waals surface area contributed by atoms with Gasteiger partial charge in [-0.1, -0.05) is 0 Å². The van der Waals surface area contributed by atoms with Crippen LogP contribution in [0.15, 0.2) is 4.47 Å². The predicted molar refractivity (Wildman–Crippen MR) is 95.0 cm³/mol. The molecule has 0 aromatic carbocycles. The molecule has 0 aliphatic carbocycles. The van der Waals surface area contributed by atoms with Gasteiger partial charge in [0.25, 0.3) is 0 Å². The summed E-state index contributed by atoms with van der Waals surface area (Å²) >= 11 is 3.57. The van der Waals surface area contributed by atoms with Gasteiger partial charge in [-0.2, -0.15) is 9.97 Å². The molecule has 0 bridgehead atoms. The zero-order chi connectivity index (χ0) is 16.7. The van der Waals surface area contributed by atoms with Crippen molar-refractivity contribution in [3.05, 3.63) is 15.7 Å². The number of nitrogens with zero attached hydrogens (tertiary/aromatic N) is 4. The molecule has 8 heteroatoms. The van der Waals surface area contributed by atoms with Crippen LogP contribution in [-0.2, 0) is 0 Å². The molecule has 1 aliphatic heterocycles. The predicted octanol–water partition coefficient (Wildman–Crippen LogP) is 1.53. The fraction of sp³-hybridized carbons (Fsp3) is 0.533. The molecule has 1 fully saturated rings. The quantitative estimate of drug-likeness (QED) is 0.744. The SMILES string of the molecule is CNc1nc(N[C@H]2CN(C)C[C@@H]2O)nc2nc(C)c(Br)c(C)c12. The summed E-state index contributed by atoms with van der Waals surface area (Å²) in [5.41, 5.74) is 2.59. The maximum Gasteiger partial charge on any atom is 0.227 e. The van der Waals surface area contributed by atoms with Gasteiger partial charge in [-0.15, -0.1) is 0 Å². The van der Waals surface area contributed by atoms with Crippen LogP contribution in [0.3, 0.4) is 0 Å². The largest absolute Gasteiger partial charge is 0.390 e. The van der Waals surface area contributed by atoms with E-state index in [1.54, 1.807) is 0 Å². The van der Waals surface area contributed by atoms with E-state index in [9.17, 15) is 5.11 Å². The third-order valence-electron chi connectivity index (χ3n) is 4.21. The number of aryl methyl sites for hydroxylation is 2. The first-order chi connectivity index (χ1) is 10.9. The van der Waals surface area contributed by atoms with Crippen molar-refractivity contribution in [1.29, 1.82) is 0 Å². The number of hydrogen-bond acceptors (Lipinski definition) is 7. The number of pyridine rings is 1. The number of aromatic nitrogens is 3. The highest BCUT2D eigenvalue weighted by Crippen LogP contribution is 2.31. The van der Waals surface area contributed by atoms with Crippen LogP contribution in [0, 0.1) is 13.8 Å². The second kappa shape index (κ2) is 6.18. The number of halogens is 1. The average Bonchev–Trinajstić information content (AvgIpc) is 2.81. The van der Waals surface area contributed by atoms with Gasteiger partial charge in [0.05, 0.1) is 23.2 Å². The first kappa shape index (κ1) is 16.4. The molecule has 1 aliphatic rings. The molecule has 1 saturated heterocycles. The first-order valence-corrected chi connectivity index (χ1v) is 8.35. The Bertz CT molecular complexity index is 753. The smallest absolute Gasteiger partial charge is 0.227 e. The summed E-state index contributed by atoms with van der Waals surface area (Å²) in [6.45, 7) is 5.37. The van der Waals surface area contributed by atoms with Crippen molar-refractivity contribution in [2.75, 3.05) is 37.8 Å². The number of hydrogen-bond donors (Lipinski definition) is 3. The zero-order valence-electron chi connectivity index (χ0n) is 13.7. The van der Waals surface area contributed by atoms with E-state index in [0.29, 0.717) is 18.1 Å². The van der Waals surface area contributed by atoms with Gasteiger partial charge in [-0.05, 0) is 42.4 Å². The minimum Gasteiger partial charge on any atom is -0.390 e. The Hall–Kier alpha value is -1.51. The third kappa shape index (κ3) is 2.98. The Morgan fingerprint density at radius 3 is 2.57 bits per heavy atom. The standard InChI is InChI=1S/C15H21BrN6O/c1-7-11-13(17-3)20-15(19-9-5-22(4)6-10(9)23)21-14(11)18-8(2)12(7)16/h9-10,23H,5-6H2,1-4H3,(H2,17,18,19,20,21)/t9-,10-/m0/s1. The second-order valence-corrected chi connectivity index (χ2v) is 6.81. The second-order valence-electron chi connectivity index (χ2n) is 6.02. The molecule has 0 spiro atoms. The van der Waals surface area contributed by atoms with Crippen LogP contribution in [0.4, 0.5) is 11.8 Å².